The maximum absolute atomic E-state index is 6.08. The molecule has 0 amide bonds. The minimum absolute atomic E-state index is 0.307. The van der Waals surface area contributed by atoms with E-state index in [1.165, 1.54) is 11.1 Å². The zero-order valence-electron chi connectivity index (χ0n) is 15.0. The molecule has 0 spiro atoms. The highest BCUT2D eigenvalue weighted by molar-refractivity contribution is 5.92. The Labute approximate surface area is 145 Å². The summed E-state index contributed by atoms with van der Waals surface area (Å²) in [5.74, 6) is 1.71. The number of hydrogen-bond donors (Lipinski definition) is 2. The van der Waals surface area contributed by atoms with Crippen LogP contribution in [0.3, 0.4) is 0 Å². The van der Waals surface area contributed by atoms with Gasteiger partial charge in [0.25, 0.3) is 0 Å². The van der Waals surface area contributed by atoms with Crippen molar-refractivity contribution in [1.29, 1.82) is 0 Å². The molecule has 1 aromatic heterocycles. The molecule has 1 aromatic carbocycles. The van der Waals surface area contributed by atoms with Crippen molar-refractivity contribution in [3.8, 4) is 0 Å². The van der Waals surface area contributed by atoms with E-state index in [4.69, 9.17) is 5.73 Å². The van der Waals surface area contributed by atoms with E-state index >= 15 is 0 Å². The van der Waals surface area contributed by atoms with Crippen LogP contribution >= 0.6 is 0 Å². The summed E-state index contributed by atoms with van der Waals surface area (Å²) in [6.07, 6.45) is 3.71. The minimum atomic E-state index is 0.307. The second-order valence-corrected chi connectivity index (χ2v) is 6.77. The average Bonchev–Trinajstić information content (AvgIpc) is 2.56. The third kappa shape index (κ3) is 5.08. The van der Waals surface area contributed by atoms with Crippen LogP contribution in [0.1, 0.15) is 50.7 Å². The van der Waals surface area contributed by atoms with Crippen LogP contribution in [0.4, 0.5) is 5.69 Å². The zero-order valence-corrected chi connectivity index (χ0v) is 15.0. The van der Waals surface area contributed by atoms with Gasteiger partial charge in [-0.3, -0.25) is 9.98 Å². The molecule has 1 unspecified atom stereocenters. The van der Waals surface area contributed by atoms with E-state index in [2.05, 4.69) is 61.2 Å². The van der Waals surface area contributed by atoms with Gasteiger partial charge in [0.05, 0.1) is 0 Å². The second kappa shape index (κ2) is 8.48. The van der Waals surface area contributed by atoms with Gasteiger partial charge in [0.15, 0.2) is 5.96 Å². The summed E-state index contributed by atoms with van der Waals surface area (Å²) in [7, 11) is 0. The smallest absolute Gasteiger partial charge is 0.193 e. The Morgan fingerprint density at radius 3 is 2.50 bits per heavy atom. The first-order valence-corrected chi connectivity index (χ1v) is 8.54. The molecule has 0 radical (unpaired) electrons. The number of aromatic nitrogens is 1. The zero-order chi connectivity index (χ0) is 17.5. The van der Waals surface area contributed by atoms with Crippen molar-refractivity contribution >= 4 is 11.6 Å². The Morgan fingerprint density at radius 2 is 1.88 bits per heavy atom. The number of hydrogen-bond acceptors (Lipinski definition) is 2. The van der Waals surface area contributed by atoms with Crippen LogP contribution in [0, 0.1) is 5.92 Å². The van der Waals surface area contributed by atoms with Crippen molar-refractivity contribution in [1.82, 2.24) is 4.98 Å². The van der Waals surface area contributed by atoms with E-state index in [1.54, 1.807) is 6.20 Å². The van der Waals surface area contributed by atoms with Crippen LogP contribution in [-0.2, 0) is 0 Å². The van der Waals surface area contributed by atoms with Crippen molar-refractivity contribution in [3.05, 3.63) is 59.9 Å². The van der Waals surface area contributed by atoms with E-state index in [1.807, 2.05) is 24.4 Å². The lowest BCUT2D eigenvalue weighted by Crippen LogP contribution is -2.24. The molecule has 24 heavy (non-hydrogen) atoms. The van der Waals surface area contributed by atoms with E-state index in [0.29, 0.717) is 30.3 Å². The van der Waals surface area contributed by atoms with Gasteiger partial charge in [0, 0.05) is 30.5 Å². The first-order valence-electron chi connectivity index (χ1n) is 8.54. The number of aliphatic imine (C=N–C) groups is 1. The minimum Gasteiger partial charge on any atom is -0.370 e. The fourth-order valence-corrected chi connectivity index (χ4v) is 2.66. The van der Waals surface area contributed by atoms with E-state index in [-0.39, 0.29) is 0 Å². The van der Waals surface area contributed by atoms with Crippen molar-refractivity contribution in [2.45, 2.75) is 39.5 Å². The van der Waals surface area contributed by atoms with Gasteiger partial charge in [-0.2, -0.15) is 0 Å². The van der Waals surface area contributed by atoms with Gasteiger partial charge in [-0.1, -0.05) is 45.9 Å². The summed E-state index contributed by atoms with van der Waals surface area (Å²) in [5, 5.41) is 3.20. The first-order chi connectivity index (χ1) is 11.5. The molecule has 4 nitrogen and oxygen atoms in total. The molecule has 0 saturated heterocycles. The van der Waals surface area contributed by atoms with Crippen LogP contribution in [-0.4, -0.2) is 17.5 Å². The highest BCUT2D eigenvalue weighted by atomic mass is 15.1. The summed E-state index contributed by atoms with van der Waals surface area (Å²) in [4.78, 5) is 8.76. The third-order valence-electron chi connectivity index (χ3n) is 4.20. The Bertz CT molecular complexity index is 662. The van der Waals surface area contributed by atoms with Gasteiger partial charge < -0.3 is 11.1 Å². The predicted molar refractivity (Wildman–Crippen MR) is 102 cm³/mol. The molecule has 1 atom stereocenters. The number of rotatable bonds is 6. The lowest BCUT2D eigenvalue weighted by Gasteiger charge is -2.19. The molecule has 2 rings (SSSR count). The molecule has 0 aliphatic heterocycles. The van der Waals surface area contributed by atoms with E-state index < -0.39 is 0 Å². The van der Waals surface area contributed by atoms with Gasteiger partial charge in [0.2, 0.25) is 0 Å². The summed E-state index contributed by atoms with van der Waals surface area (Å²) in [6, 6.07) is 12.4. The van der Waals surface area contributed by atoms with Crippen LogP contribution in [0.2, 0.25) is 0 Å². The lowest BCUT2D eigenvalue weighted by atomic mass is 9.89. The number of nitrogens with zero attached hydrogens (tertiary/aromatic N) is 2. The number of nitrogens with one attached hydrogen (secondary N) is 1. The predicted octanol–water partition coefficient (Wildman–Crippen LogP) is 4.37. The molecule has 3 N–H and O–H groups in total. The summed E-state index contributed by atoms with van der Waals surface area (Å²) >= 11 is 0. The molecule has 0 bridgehead atoms. The third-order valence-corrected chi connectivity index (χ3v) is 4.20. The van der Waals surface area contributed by atoms with Gasteiger partial charge >= 0.3 is 0 Å². The molecule has 0 saturated carbocycles. The molecule has 0 aliphatic rings. The fraction of sp³-hybridized carbons (Fsp3) is 0.400. The average molecular weight is 324 g/mol. The maximum Gasteiger partial charge on any atom is 0.193 e. The monoisotopic (exact) mass is 324 g/mol. The lowest BCUT2D eigenvalue weighted by molar-refractivity contribution is 0.506. The van der Waals surface area contributed by atoms with Gasteiger partial charge in [-0.15, -0.1) is 0 Å². The van der Waals surface area contributed by atoms with Crippen LogP contribution in [0.5, 0.6) is 0 Å². The molecule has 1 heterocycles. The number of nitrogens with two attached hydrogens (primary N) is 1. The number of guanidine groups is 1. The van der Waals surface area contributed by atoms with Crippen molar-refractivity contribution in [3.63, 3.8) is 0 Å². The molecule has 0 fully saturated rings. The fourth-order valence-electron chi connectivity index (χ4n) is 2.66. The maximum atomic E-state index is 6.08. The highest BCUT2D eigenvalue weighted by Gasteiger charge is 2.15. The van der Waals surface area contributed by atoms with Crippen LogP contribution in [0.25, 0.3) is 0 Å². The SMILES string of the molecule is CC(C)c1cccc(NC(N)=NCC(c2cccnc2)C(C)C)c1. The van der Waals surface area contributed by atoms with Crippen LogP contribution in [0.15, 0.2) is 53.8 Å². The number of benzene rings is 1. The Balaban J connectivity index is 2.06. The van der Waals surface area contributed by atoms with Crippen molar-refractivity contribution < 1.29 is 0 Å². The van der Waals surface area contributed by atoms with Crippen molar-refractivity contribution in [2.24, 2.45) is 16.6 Å². The molecule has 128 valence electrons. The summed E-state index contributed by atoms with van der Waals surface area (Å²) in [5.41, 5.74) is 9.54. The van der Waals surface area contributed by atoms with Gasteiger partial charge in [0.1, 0.15) is 0 Å². The second-order valence-electron chi connectivity index (χ2n) is 6.77. The topological polar surface area (TPSA) is 63.3 Å². The van der Waals surface area contributed by atoms with Gasteiger partial charge in [-0.25, -0.2) is 0 Å². The molecular weight excluding hydrogens is 296 g/mol. The molecular formula is C20H28N4. The Hall–Kier alpha value is -2.36. The largest absolute Gasteiger partial charge is 0.370 e. The number of pyridine rings is 1. The van der Waals surface area contributed by atoms with E-state index in [0.717, 1.165) is 5.69 Å². The quantitative estimate of drug-likeness (QED) is 0.612. The Morgan fingerprint density at radius 1 is 1.12 bits per heavy atom. The first kappa shape index (κ1) is 18.0. The molecule has 4 heteroatoms. The Kier molecular flexibility index (Phi) is 6.36. The molecule has 2 aromatic rings. The normalized spacial score (nSPS) is 13.3. The van der Waals surface area contributed by atoms with Gasteiger partial charge in [-0.05, 0) is 41.2 Å². The molecule has 0 aliphatic carbocycles. The van der Waals surface area contributed by atoms with Crippen molar-refractivity contribution in [2.75, 3.05) is 11.9 Å². The summed E-state index contributed by atoms with van der Waals surface area (Å²) < 4.78 is 0. The highest BCUT2D eigenvalue weighted by Crippen LogP contribution is 2.24. The number of anilines is 1. The van der Waals surface area contributed by atoms with E-state index in [9.17, 15) is 0 Å². The summed E-state index contributed by atoms with van der Waals surface area (Å²) in [6.45, 7) is 9.40. The van der Waals surface area contributed by atoms with Crippen LogP contribution < -0.4 is 11.1 Å². The standard InChI is InChI=1S/C20H28N4/c1-14(2)16-7-5-9-18(11-16)24-20(21)23-13-19(15(3)4)17-8-6-10-22-12-17/h5-12,14-15,19H,13H2,1-4H3,(H3,21,23,24).